The zero-order chi connectivity index (χ0) is 20.1. The van der Waals surface area contributed by atoms with Gasteiger partial charge in [-0.3, -0.25) is 0 Å². The number of carbonyl (C=O) groups is 1. The third kappa shape index (κ3) is 4.78. The molecule has 0 aliphatic heterocycles. The van der Waals surface area contributed by atoms with Gasteiger partial charge in [0.15, 0.2) is 0 Å². The van der Waals surface area contributed by atoms with E-state index in [1.807, 2.05) is 66.7 Å². The summed E-state index contributed by atoms with van der Waals surface area (Å²) >= 11 is 2.09. The molecule has 0 radical (unpaired) electrons. The molecule has 5 nitrogen and oxygen atoms in total. The predicted octanol–water partition coefficient (Wildman–Crippen LogP) is 5.76. The van der Waals surface area contributed by atoms with E-state index >= 15 is 0 Å². The number of ether oxygens (including phenoxy) is 2. The maximum absolute atomic E-state index is 12.3. The molecule has 1 aromatic heterocycles. The lowest BCUT2D eigenvalue weighted by Gasteiger charge is -2.07. The van der Waals surface area contributed by atoms with Crippen LogP contribution < -0.4 is 9.47 Å². The molecular weight excluding hydrogens is 479 g/mol. The summed E-state index contributed by atoms with van der Waals surface area (Å²) in [6.45, 7) is 0. The Labute approximate surface area is 181 Å². The van der Waals surface area contributed by atoms with E-state index in [4.69, 9.17) is 9.47 Å². The van der Waals surface area contributed by atoms with Gasteiger partial charge >= 0.3 is 5.97 Å². The molecule has 3 aromatic carbocycles. The van der Waals surface area contributed by atoms with Crippen LogP contribution in [0, 0.1) is 3.57 Å². The number of benzene rings is 3. The number of rotatable bonds is 5. The fourth-order valence-electron chi connectivity index (χ4n) is 2.62. The highest BCUT2D eigenvalue weighted by molar-refractivity contribution is 14.1. The van der Waals surface area contributed by atoms with Crippen molar-refractivity contribution in [2.75, 3.05) is 0 Å². The van der Waals surface area contributed by atoms with Gasteiger partial charge in [-0.2, -0.15) is 0 Å². The molecule has 0 aliphatic carbocycles. The van der Waals surface area contributed by atoms with Gasteiger partial charge in [-0.05, 0) is 77.2 Å². The minimum absolute atomic E-state index is 0.155. The molecule has 0 unspecified atom stereocenters. The van der Waals surface area contributed by atoms with Crippen molar-refractivity contribution in [3.8, 4) is 28.6 Å². The van der Waals surface area contributed by atoms with Crippen LogP contribution >= 0.6 is 22.6 Å². The van der Waals surface area contributed by atoms with Crippen LogP contribution in [0.1, 0.15) is 10.4 Å². The summed E-state index contributed by atoms with van der Waals surface area (Å²) in [6.07, 6.45) is 0. The fourth-order valence-corrected chi connectivity index (χ4v) is 3.23. The summed E-state index contributed by atoms with van der Waals surface area (Å²) in [6, 6.07) is 27.7. The van der Waals surface area contributed by atoms with E-state index in [9.17, 15) is 4.79 Å². The van der Waals surface area contributed by atoms with Crippen molar-refractivity contribution >= 4 is 28.6 Å². The van der Waals surface area contributed by atoms with Crippen molar-refractivity contribution in [3.63, 3.8) is 0 Å². The monoisotopic (exact) mass is 494 g/mol. The highest BCUT2D eigenvalue weighted by Crippen LogP contribution is 2.25. The Morgan fingerprint density at radius 3 is 2.10 bits per heavy atom. The molecule has 4 rings (SSSR count). The second-order valence-electron chi connectivity index (χ2n) is 6.07. The lowest BCUT2D eigenvalue weighted by Crippen LogP contribution is -2.11. The van der Waals surface area contributed by atoms with Crippen molar-refractivity contribution < 1.29 is 14.3 Å². The number of para-hydroxylation sites is 1. The molecular formula is C23H15IN2O3. The summed E-state index contributed by atoms with van der Waals surface area (Å²) in [5.74, 6) is 1.21. The number of esters is 1. The first-order valence-electron chi connectivity index (χ1n) is 8.83. The molecule has 0 fully saturated rings. The van der Waals surface area contributed by atoms with Crippen LogP contribution in [0.5, 0.6) is 17.4 Å². The molecule has 0 amide bonds. The van der Waals surface area contributed by atoms with Crippen LogP contribution in [0.15, 0.2) is 91.0 Å². The second kappa shape index (κ2) is 8.83. The Morgan fingerprint density at radius 2 is 1.41 bits per heavy atom. The average Bonchev–Trinajstić information content (AvgIpc) is 2.76. The van der Waals surface area contributed by atoms with Gasteiger partial charge in [0.25, 0.3) is 0 Å². The molecule has 0 atom stereocenters. The van der Waals surface area contributed by atoms with Gasteiger partial charge in [0.1, 0.15) is 11.5 Å². The Hall–Kier alpha value is -3.26. The van der Waals surface area contributed by atoms with Gasteiger partial charge in [-0.15, -0.1) is 10.2 Å². The molecule has 0 bridgehead atoms. The molecule has 0 aliphatic rings. The van der Waals surface area contributed by atoms with E-state index in [0.29, 0.717) is 11.3 Å². The van der Waals surface area contributed by atoms with Crippen molar-refractivity contribution in [3.05, 3.63) is 100 Å². The van der Waals surface area contributed by atoms with Gasteiger partial charge < -0.3 is 9.47 Å². The number of hydrogen-bond donors (Lipinski definition) is 0. The summed E-state index contributed by atoms with van der Waals surface area (Å²) in [5.41, 5.74) is 2.05. The van der Waals surface area contributed by atoms with E-state index in [1.165, 1.54) is 0 Å². The smallest absolute Gasteiger partial charge is 0.345 e. The van der Waals surface area contributed by atoms with Crippen LogP contribution in [0.2, 0.25) is 0 Å². The summed E-state index contributed by atoms with van der Waals surface area (Å²) in [7, 11) is 0. The number of halogens is 1. The van der Waals surface area contributed by atoms with E-state index in [1.54, 1.807) is 24.3 Å². The Bertz CT molecular complexity index is 1110. The maximum Gasteiger partial charge on any atom is 0.345 e. The number of hydrogen-bond acceptors (Lipinski definition) is 5. The first-order valence-corrected chi connectivity index (χ1v) is 9.91. The van der Waals surface area contributed by atoms with Gasteiger partial charge in [0.05, 0.1) is 11.3 Å². The molecule has 4 aromatic rings. The first-order chi connectivity index (χ1) is 14.2. The zero-order valence-corrected chi connectivity index (χ0v) is 17.3. The molecule has 0 N–H and O–H groups in total. The molecule has 0 saturated carbocycles. The average molecular weight is 494 g/mol. The highest BCUT2D eigenvalue weighted by Gasteiger charge is 2.13. The van der Waals surface area contributed by atoms with Crippen LogP contribution in [0.25, 0.3) is 11.3 Å². The summed E-state index contributed by atoms with van der Waals surface area (Å²) in [4.78, 5) is 12.3. The van der Waals surface area contributed by atoms with Crippen LogP contribution in [0.3, 0.4) is 0 Å². The molecule has 0 spiro atoms. The number of nitrogens with zero attached hydrogens (tertiary/aromatic N) is 2. The van der Waals surface area contributed by atoms with Crippen molar-refractivity contribution in [1.29, 1.82) is 0 Å². The van der Waals surface area contributed by atoms with Crippen molar-refractivity contribution in [2.45, 2.75) is 0 Å². The van der Waals surface area contributed by atoms with E-state index in [-0.39, 0.29) is 5.88 Å². The van der Waals surface area contributed by atoms with E-state index < -0.39 is 5.97 Å². The van der Waals surface area contributed by atoms with Gasteiger partial charge in [0.2, 0.25) is 5.88 Å². The fraction of sp³-hybridized carbons (Fsp3) is 0. The SMILES string of the molecule is O=C(Oc1ccc(-c2ccc(Oc3ccccc3)cc2)nn1)c1ccccc1I. The quantitative estimate of drug-likeness (QED) is 0.261. The highest BCUT2D eigenvalue weighted by atomic mass is 127. The minimum Gasteiger partial charge on any atom is -0.457 e. The Balaban J connectivity index is 1.44. The molecule has 142 valence electrons. The van der Waals surface area contributed by atoms with Gasteiger partial charge in [0, 0.05) is 15.2 Å². The molecule has 1 heterocycles. The van der Waals surface area contributed by atoms with Crippen LogP contribution in [-0.2, 0) is 0 Å². The first kappa shape index (κ1) is 19.1. The lowest BCUT2D eigenvalue weighted by atomic mass is 10.1. The van der Waals surface area contributed by atoms with E-state index in [0.717, 1.165) is 20.6 Å². The van der Waals surface area contributed by atoms with Gasteiger partial charge in [-0.1, -0.05) is 30.3 Å². The van der Waals surface area contributed by atoms with Crippen LogP contribution in [0.4, 0.5) is 0 Å². The predicted molar refractivity (Wildman–Crippen MR) is 118 cm³/mol. The van der Waals surface area contributed by atoms with E-state index in [2.05, 4.69) is 32.8 Å². The largest absolute Gasteiger partial charge is 0.457 e. The standard InChI is InChI=1S/C23H15IN2O3/c24-20-9-5-4-8-19(20)23(27)29-22-15-14-21(25-26-22)16-10-12-18(13-11-16)28-17-6-2-1-3-7-17/h1-15H. The third-order valence-electron chi connectivity index (χ3n) is 4.06. The number of carbonyl (C=O) groups excluding carboxylic acids is 1. The normalized spacial score (nSPS) is 10.4. The van der Waals surface area contributed by atoms with Gasteiger partial charge in [-0.25, -0.2) is 4.79 Å². The lowest BCUT2D eigenvalue weighted by molar-refractivity contribution is 0.0724. The minimum atomic E-state index is -0.459. The topological polar surface area (TPSA) is 61.3 Å². The van der Waals surface area contributed by atoms with Crippen LogP contribution in [-0.4, -0.2) is 16.2 Å². The maximum atomic E-state index is 12.3. The second-order valence-corrected chi connectivity index (χ2v) is 7.23. The summed E-state index contributed by atoms with van der Waals surface area (Å²) in [5, 5.41) is 8.18. The van der Waals surface area contributed by atoms with Crippen molar-refractivity contribution in [1.82, 2.24) is 10.2 Å². The zero-order valence-electron chi connectivity index (χ0n) is 15.2. The molecule has 0 saturated heterocycles. The Kier molecular flexibility index (Phi) is 5.81. The summed E-state index contributed by atoms with van der Waals surface area (Å²) < 4.78 is 11.9. The van der Waals surface area contributed by atoms with Crippen molar-refractivity contribution in [2.24, 2.45) is 0 Å². The third-order valence-corrected chi connectivity index (χ3v) is 5.00. The number of aromatic nitrogens is 2. The molecule has 29 heavy (non-hydrogen) atoms. The Morgan fingerprint density at radius 1 is 0.724 bits per heavy atom. The molecule has 6 heteroatoms.